The van der Waals surface area contributed by atoms with Crippen molar-refractivity contribution in [1.29, 1.82) is 0 Å². The van der Waals surface area contributed by atoms with Crippen LogP contribution in [0.4, 0.5) is 17.1 Å². The van der Waals surface area contributed by atoms with Crippen molar-refractivity contribution < 1.29 is 0 Å². The first-order valence-electron chi connectivity index (χ1n) is 21.1. The predicted octanol–water partition coefficient (Wildman–Crippen LogP) is 15.5. The number of fused-ring (bicyclic) bond motifs is 2. The highest BCUT2D eigenvalue weighted by atomic mass is 15.2. The van der Waals surface area contributed by atoms with Gasteiger partial charge in [-0.2, -0.15) is 0 Å². The minimum Gasteiger partial charge on any atom is -0.310 e. The molecule has 0 aliphatic heterocycles. The highest BCUT2D eigenvalue weighted by Crippen LogP contribution is 2.44. The molecule has 0 spiro atoms. The molecule has 0 saturated carbocycles. The van der Waals surface area contributed by atoms with Crippen LogP contribution in [0, 0.1) is 0 Å². The molecule has 10 rings (SSSR count). The first-order chi connectivity index (χ1) is 28.8. The Labute approximate surface area is 343 Å². The zero-order valence-electron chi connectivity index (χ0n) is 33.0. The van der Waals surface area contributed by atoms with Crippen molar-refractivity contribution in [3.8, 4) is 11.1 Å². The Morgan fingerprint density at radius 1 is 0.414 bits per heavy atom. The van der Waals surface area contributed by atoms with Crippen molar-refractivity contribution in [3.05, 3.63) is 228 Å². The monoisotopic (exact) mass is 748 g/mol. The van der Waals surface area contributed by atoms with E-state index < -0.39 is 0 Å². The normalized spacial score (nSPS) is 16.6. The molecule has 0 saturated heterocycles. The highest BCUT2D eigenvalue weighted by Gasteiger charge is 2.26. The van der Waals surface area contributed by atoms with Crippen molar-refractivity contribution in [3.63, 3.8) is 0 Å². The van der Waals surface area contributed by atoms with E-state index in [-0.39, 0.29) is 0 Å². The first kappa shape index (κ1) is 35.8. The van der Waals surface area contributed by atoms with Gasteiger partial charge in [-0.3, -0.25) is 0 Å². The lowest BCUT2D eigenvalue weighted by Gasteiger charge is -2.34. The summed E-state index contributed by atoms with van der Waals surface area (Å²) in [6.45, 7) is 0. The molecule has 282 valence electrons. The number of rotatable bonds is 9. The van der Waals surface area contributed by atoms with Gasteiger partial charge >= 0.3 is 0 Å². The Kier molecular flexibility index (Phi) is 9.91. The summed E-state index contributed by atoms with van der Waals surface area (Å²) in [7, 11) is 0. The summed E-state index contributed by atoms with van der Waals surface area (Å²) in [4.78, 5) is 5.00. The molecule has 0 fully saturated rings. The predicted molar refractivity (Wildman–Crippen MR) is 248 cm³/mol. The van der Waals surface area contributed by atoms with E-state index in [9.17, 15) is 0 Å². The van der Waals surface area contributed by atoms with Gasteiger partial charge in [-0.15, -0.1) is 0 Å². The summed E-state index contributed by atoms with van der Waals surface area (Å²) in [5.41, 5.74) is 15.5. The van der Waals surface area contributed by atoms with E-state index in [2.05, 4.69) is 204 Å². The van der Waals surface area contributed by atoms with Gasteiger partial charge in [0, 0.05) is 33.7 Å². The summed E-state index contributed by atoms with van der Waals surface area (Å²) in [5, 5.41) is 5.09. The summed E-state index contributed by atoms with van der Waals surface area (Å²) < 4.78 is 0. The Hall–Kier alpha value is -6.64. The molecular weight excluding hydrogens is 701 g/mol. The van der Waals surface area contributed by atoms with Gasteiger partial charge in [-0.05, 0) is 144 Å². The Balaban J connectivity index is 1.02. The van der Waals surface area contributed by atoms with Gasteiger partial charge in [0.05, 0.1) is 11.4 Å². The van der Waals surface area contributed by atoms with Gasteiger partial charge in [0.1, 0.15) is 0 Å². The first-order valence-corrected chi connectivity index (χ1v) is 21.1. The average Bonchev–Trinajstić information content (AvgIpc) is 3.30. The quantitative estimate of drug-likeness (QED) is 0.145. The van der Waals surface area contributed by atoms with E-state index in [0.29, 0.717) is 0 Å². The SMILES string of the molecule is C1=CC(N(C2=C(C3=CC=C(c4ccccc4N(C4=CCCC=C4)c4ccc(-c5ccc6ccccc6c5)cc4)CC3)CCC=C2)c2cccc3ccccc23)=CCC1. The number of para-hydroxylation sites is 1. The van der Waals surface area contributed by atoms with E-state index >= 15 is 0 Å². The van der Waals surface area contributed by atoms with Crippen molar-refractivity contribution in [2.75, 3.05) is 9.80 Å². The lowest BCUT2D eigenvalue weighted by molar-refractivity contribution is 0.873. The van der Waals surface area contributed by atoms with Crippen LogP contribution in [-0.4, -0.2) is 0 Å². The second-order valence-corrected chi connectivity index (χ2v) is 15.7. The maximum absolute atomic E-state index is 2.53. The minimum absolute atomic E-state index is 0.990. The average molecular weight is 749 g/mol. The van der Waals surface area contributed by atoms with Crippen LogP contribution in [-0.2, 0) is 0 Å². The van der Waals surface area contributed by atoms with E-state index in [1.54, 1.807) is 0 Å². The molecule has 0 heterocycles. The lowest BCUT2D eigenvalue weighted by atomic mass is 9.85. The zero-order valence-corrected chi connectivity index (χ0v) is 33.0. The topological polar surface area (TPSA) is 6.48 Å². The number of hydrogen-bond donors (Lipinski definition) is 0. The van der Waals surface area contributed by atoms with Crippen molar-refractivity contribution in [2.24, 2.45) is 0 Å². The second kappa shape index (κ2) is 16.1. The molecule has 6 aromatic rings. The molecule has 6 aromatic carbocycles. The minimum atomic E-state index is 0.990. The van der Waals surface area contributed by atoms with Crippen LogP contribution < -0.4 is 9.80 Å². The molecule has 2 nitrogen and oxygen atoms in total. The lowest BCUT2D eigenvalue weighted by Crippen LogP contribution is -2.24. The van der Waals surface area contributed by atoms with Gasteiger partial charge in [0.2, 0.25) is 0 Å². The molecule has 0 radical (unpaired) electrons. The zero-order chi connectivity index (χ0) is 38.7. The fourth-order valence-corrected chi connectivity index (χ4v) is 9.18. The van der Waals surface area contributed by atoms with Gasteiger partial charge in [-0.25, -0.2) is 0 Å². The van der Waals surface area contributed by atoms with Gasteiger partial charge < -0.3 is 9.80 Å². The summed E-state index contributed by atoms with van der Waals surface area (Å²) in [6.07, 6.45) is 32.0. The third-order valence-electron chi connectivity index (χ3n) is 12.1. The molecule has 0 N–H and O–H groups in total. The molecule has 0 atom stereocenters. The molecular formula is C56H48N2. The maximum Gasteiger partial charge on any atom is 0.0540 e. The molecule has 0 amide bonds. The van der Waals surface area contributed by atoms with Gasteiger partial charge in [0.25, 0.3) is 0 Å². The Morgan fingerprint density at radius 3 is 1.83 bits per heavy atom. The molecule has 2 heteroatoms. The number of allylic oxidation sites excluding steroid dienone is 13. The number of nitrogens with zero attached hydrogens (tertiary/aromatic N) is 2. The fraction of sp³-hybridized carbons (Fsp3) is 0.143. The summed E-state index contributed by atoms with van der Waals surface area (Å²) in [6, 6.07) is 49.0. The number of hydrogen-bond acceptors (Lipinski definition) is 2. The largest absolute Gasteiger partial charge is 0.310 e. The van der Waals surface area contributed by atoms with Crippen molar-refractivity contribution in [1.82, 2.24) is 0 Å². The van der Waals surface area contributed by atoms with E-state index in [0.717, 1.165) is 51.4 Å². The molecule has 0 aromatic heterocycles. The van der Waals surface area contributed by atoms with Gasteiger partial charge in [0.15, 0.2) is 0 Å². The maximum atomic E-state index is 2.53. The van der Waals surface area contributed by atoms with Crippen LogP contribution in [0.1, 0.15) is 56.9 Å². The molecule has 4 aliphatic carbocycles. The smallest absolute Gasteiger partial charge is 0.0540 e. The second-order valence-electron chi connectivity index (χ2n) is 15.7. The van der Waals surface area contributed by atoms with Crippen molar-refractivity contribution in [2.45, 2.75) is 51.4 Å². The number of anilines is 3. The van der Waals surface area contributed by atoms with E-state index in [4.69, 9.17) is 0 Å². The molecule has 0 bridgehead atoms. The van der Waals surface area contributed by atoms with Crippen LogP contribution in [0.5, 0.6) is 0 Å². The third-order valence-corrected chi connectivity index (χ3v) is 12.1. The van der Waals surface area contributed by atoms with Crippen LogP contribution in [0.2, 0.25) is 0 Å². The summed E-state index contributed by atoms with van der Waals surface area (Å²) >= 11 is 0. The highest BCUT2D eigenvalue weighted by molar-refractivity contribution is 5.96. The standard InChI is InChI=1S/C56H48N2/c1-3-20-48(21-4-1)57(50-38-36-42(37-39-50)47-35-30-41-16-7-8-18-46(41)40-47)54-27-13-11-25-52(54)44-31-33-45(34-32-44)53-26-12-14-28-55(53)58(49-22-5-2-6-23-49)56-29-15-19-43-17-9-10-24-51(43)56/h3,5,7-11,13-25,27-31,33,35-40H,1-2,4,6,12,26,32,34H2. The van der Waals surface area contributed by atoms with Crippen LogP contribution in [0.15, 0.2) is 222 Å². The summed E-state index contributed by atoms with van der Waals surface area (Å²) in [5.74, 6) is 0. The molecule has 58 heavy (non-hydrogen) atoms. The van der Waals surface area contributed by atoms with Crippen LogP contribution in [0.25, 0.3) is 38.2 Å². The van der Waals surface area contributed by atoms with Crippen LogP contribution in [0.3, 0.4) is 0 Å². The van der Waals surface area contributed by atoms with Crippen molar-refractivity contribution >= 4 is 44.2 Å². The molecule has 0 unspecified atom stereocenters. The van der Waals surface area contributed by atoms with Crippen LogP contribution >= 0.6 is 0 Å². The Bertz CT molecular complexity index is 2770. The van der Waals surface area contributed by atoms with E-state index in [1.807, 2.05) is 0 Å². The number of benzene rings is 6. The Morgan fingerprint density at radius 2 is 1.05 bits per heavy atom. The van der Waals surface area contributed by atoms with Gasteiger partial charge in [-0.1, -0.05) is 146 Å². The van der Waals surface area contributed by atoms with E-state index in [1.165, 1.54) is 89.1 Å². The third kappa shape index (κ3) is 7.01. The molecule has 4 aliphatic rings. The fourth-order valence-electron chi connectivity index (χ4n) is 9.18.